The molecular weight excluding hydrogens is 321 g/mol. The minimum atomic E-state index is -4.38. The van der Waals surface area contributed by atoms with Gasteiger partial charge in [-0.3, -0.25) is 4.79 Å². The van der Waals surface area contributed by atoms with Gasteiger partial charge >= 0.3 is 6.18 Å². The predicted octanol–water partition coefficient (Wildman–Crippen LogP) is 2.79. The van der Waals surface area contributed by atoms with E-state index in [1.165, 1.54) is 12.1 Å². The first-order valence-electron chi connectivity index (χ1n) is 6.63. The highest BCUT2D eigenvalue weighted by Gasteiger charge is 2.28. The van der Waals surface area contributed by atoms with Crippen molar-refractivity contribution in [2.24, 2.45) is 5.73 Å². The first-order chi connectivity index (χ1) is 9.81. The zero-order valence-corrected chi connectivity index (χ0v) is 13.0. The maximum absolute atomic E-state index is 12.1. The summed E-state index contributed by atoms with van der Waals surface area (Å²) < 4.78 is 40.8. The Kier molecular flexibility index (Phi) is 8.89. The topological polar surface area (TPSA) is 64.4 Å². The second-order valence-corrected chi connectivity index (χ2v) is 4.66. The summed E-state index contributed by atoms with van der Waals surface area (Å²) >= 11 is 0. The average molecular weight is 341 g/mol. The average Bonchev–Trinajstić information content (AvgIpc) is 2.42. The van der Waals surface area contributed by atoms with E-state index in [1.807, 2.05) is 6.92 Å². The van der Waals surface area contributed by atoms with Gasteiger partial charge in [-0.05, 0) is 24.1 Å². The third-order valence-corrected chi connectivity index (χ3v) is 2.70. The number of amides is 1. The number of hydrogen-bond acceptors (Lipinski definition) is 3. The van der Waals surface area contributed by atoms with Crippen LogP contribution in [0, 0.1) is 0 Å². The molecule has 0 bridgehead atoms. The summed E-state index contributed by atoms with van der Waals surface area (Å²) in [6.45, 7) is 0.776. The number of carbonyl (C=O) groups is 1. The maximum Gasteiger partial charge on any atom is 0.422 e. The van der Waals surface area contributed by atoms with E-state index in [0.717, 1.165) is 6.42 Å². The fourth-order valence-corrected chi connectivity index (χ4v) is 1.67. The van der Waals surface area contributed by atoms with E-state index >= 15 is 0 Å². The number of halogens is 4. The standard InChI is InChI=1S/C14H19F3N2O2.ClH/c1-2-4-12(18)13(20)19-8-10-5-3-6-11(7-10)21-9-14(15,16)17;/h3,5-7,12H,2,4,8-9,18H2,1H3,(H,19,20);1H. The van der Waals surface area contributed by atoms with Crippen LogP contribution in [0.1, 0.15) is 25.3 Å². The van der Waals surface area contributed by atoms with E-state index in [2.05, 4.69) is 10.1 Å². The Morgan fingerprint density at radius 1 is 1.41 bits per heavy atom. The van der Waals surface area contributed by atoms with Gasteiger partial charge in [-0.1, -0.05) is 25.5 Å². The van der Waals surface area contributed by atoms with Gasteiger partial charge in [0.15, 0.2) is 6.61 Å². The molecule has 1 unspecified atom stereocenters. The van der Waals surface area contributed by atoms with Crippen LogP contribution in [-0.4, -0.2) is 24.7 Å². The molecule has 4 nitrogen and oxygen atoms in total. The SMILES string of the molecule is CCCC(N)C(=O)NCc1cccc(OCC(F)(F)F)c1.Cl. The number of rotatable bonds is 7. The van der Waals surface area contributed by atoms with Crippen LogP contribution < -0.4 is 15.8 Å². The Bertz CT molecular complexity index is 470. The monoisotopic (exact) mass is 340 g/mol. The quantitative estimate of drug-likeness (QED) is 0.802. The van der Waals surface area contributed by atoms with E-state index in [1.54, 1.807) is 12.1 Å². The molecule has 126 valence electrons. The van der Waals surface area contributed by atoms with Crippen molar-refractivity contribution >= 4 is 18.3 Å². The molecule has 0 saturated carbocycles. The highest BCUT2D eigenvalue weighted by Crippen LogP contribution is 2.19. The van der Waals surface area contributed by atoms with E-state index < -0.39 is 18.8 Å². The minimum absolute atomic E-state index is 0. The van der Waals surface area contributed by atoms with Gasteiger partial charge in [-0.15, -0.1) is 12.4 Å². The van der Waals surface area contributed by atoms with Crippen LogP contribution in [0.3, 0.4) is 0 Å². The van der Waals surface area contributed by atoms with Crippen LogP contribution in [0.25, 0.3) is 0 Å². The van der Waals surface area contributed by atoms with Crippen molar-refractivity contribution in [3.63, 3.8) is 0 Å². The first kappa shape index (κ1) is 20.5. The fraction of sp³-hybridized carbons (Fsp3) is 0.500. The molecule has 0 aliphatic heterocycles. The van der Waals surface area contributed by atoms with Crippen molar-refractivity contribution in [2.75, 3.05) is 6.61 Å². The minimum Gasteiger partial charge on any atom is -0.484 e. The second kappa shape index (κ2) is 9.53. The molecular formula is C14H20ClF3N2O2. The smallest absolute Gasteiger partial charge is 0.422 e. The zero-order valence-electron chi connectivity index (χ0n) is 12.2. The predicted molar refractivity (Wildman–Crippen MR) is 80.0 cm³/mol. The van der Waals surface area contributed by atoms with Gasteiger partial charge in [0.2, 0.25) is 5.91 Å². The molecule has 3 N–H and O–H groups in total. The first-order valence-corrected chi connectivity index (χ1v) is 6.63. The molecule has 0 aliphatic carbocycles. The number of carbonyl (C=O) groups excluding carboxylic acids is 1. The molecule has 1 aromatic rings. The van der Waals surface area contributed by atoms with Crippen molar-refractivity contribution < 1.29 is 22.7 Å². The number of ether oxygens (including phenoxy) is 1. The van der Waals surface area contributed by atoms with Gasteiger partial charge in [-0.2, -0.15) is 13.2 Å². The Labute approximate surface area is 133 Å². The Balaban J connectivity index is 0.00000441. The van der Waals surface area contributed by atoms with Gasteiger partial charge in [0.25, 0.3) is 0 Å². The molecule has 0 spiro atoms. The molecule has 1 amide bonds. The molecule has 1 aromatic carbocycles. The van der Waals surface area contributed by atoms with E-state index in [-0.39, 0.29) is 30.6 Å². The molecule has 0 heterocycles. The lowest BCUT2D eigenvalue weighted by Crippen LogP contribution is -2.40. The summed E-state index contributed by atoms with van der Waals surface area (Å²) in [6.07, 6.45) is -2.99. The fourth-order valence-electron chi connectivity index (χ4n) is 1.67. The number of nitrogens with two attached hydrogens (primary N) is 1. The van der Waals surface area contributed by atoms with Crippen molar-refractivity contribution in [3.8, 4) is 5.75 Å². The molecule has 8 heteroatoms. The highest BCUT2D eigenvalue weighted by molar-refractivity contribution is 5.85. The maximum atomic E-state index is 12.1. The molecule has 0 aromatic heterocycles. The van der Waals surface area contributed by atoms with Crippen molar-refractivity contribution in [3.05, 3.63) is 29.8 Å². The summed E-state index contributed by atoms with van der Waals surface area (Å²) in [4.78, 5) is 11.6. The summed E-state index contributed by atoms with van der Waals surface area (Å²) in [5, 5.41) is 2.64. The van der Waals surface area contributed by atoms with Crippen molar-refractivity contribution in [1.29, 1.82) is 0 Å². The van der Waals surface area contributed by atoms with Gasteiger partial charge in [-0.25, -0.2) is 0 Å². The van der Waals surface area contributed by atoms with Gasteiger partial charge in [0.1, 0.15) is 5.75 Å². The van der Waals surface area contributed by atoms with Crippen LogP contribution in [0.2, 0.25) is 0 Å². The largest absolute Gasteiger partial charge is 0.484 e. The van der Waals surface area contributed by atoms with Crippen LogP contribution in [-0.2, 0) is 11.3 Å². The second-order valence-electron chi connectivity index (χ2n) is 4.66. The highest BCUT2D eigenvalue weighted by atomic mass is 35.5. The lowest BCUT2D eigenvalue weighted by molar-refractivity contribution is -0.153. The number of benzene rings is 1. The molecule has 22 heavy (non-hydrogen) atoms. The van der Waals surface area contributed by atoms with Gasteiger partial charge in [0.05, 0.1) is 6.04 Å². The lowest BCUT2D eigenvalue weighted by Gasteiger charge is -2.12. The molecule has 0 radical (unpaired) electrons. The third kappa shape index (κ3) is 8.09. The van der Waals surface area contributed by atoms with E-state index in [0.29, 0.717) is 12.0 Å². The van der Waals surface area contributed by atoms with Gasteiger partial charge < -0.3 is 15.8 Å². The summed E-state index contributed by atoms with van der Waals surface area (Å²) in [6, 6.07) is 5.57. The van der Waals surface area contributed by atoms with Crippen LogP contribution in [0.5, 0.6) is 5.75 Å². The van der Waals surface area contributed by atoms with Crippen molar-refractivity contribution in [2.45, 2.75) is 38.5 Å². The van der Waals surface area contributed by atoms with E-state index in [4.69, 9.17) is 5.73 Å². The molecule has 0 aliphatic rings. The van der Waals surface area contributed by atoms with Crippen LogP contribution in [0.4, 0.5) is 13.2 Å². The molecule has 1 rings (SSSR count). The van der Waals surface area contributed by atoms with E-state index in [9.17, 15) is 18.0 Å². The Morgan fingerprint density at radius 3 is 2.68 bits per heavy atom. The Morgan fingerprint density at radius 2 is 2.09 bits per heavy atom. The normalized spacial score (nSPS) is 12.2. The number of alkyl halides is 3. The zero-order chi connectivity index (χ0) is 15.9. The van der Waals surface area contributed by atoms with Crippen LogP contribution in [0.15, 0.2) is 24.3 Å². The Hall–Kier alpha value is -1.47. The lowest BCUT2D eigenvalue weighted by atomic mass is 10.1. The summed E-state index contributed by atoms with van der Waals surface area (Å²) in [5.74, 6) is -0.171. The molecule has 1 atom stereocenters. The van der Waals surface area contributed by atoms with Crippen LogP contribution >= 0.6 is 12.4 Å². The van der Waals surface area contributed by atoms with Gasteiger partial charge in [0, 0.05) is 6.54 Å². The number of hydrogen-bond donors (Lipinski definition) is 2. The summed E-state index contributed by atoms with van der Waals surface area (Å²) in [5.41, 5.74) is 6.30. The van der Waals surface area contributed by atoms with Crippen molar-refractivity contribution in [1.82, 2.24) is 5.32 Å². The number of nitrogens with one attached hydrogen (secondary N) is 1. The molecule has 0 fully saturated rings. The summed E-state index contributed by atoms with van der Waals surface area (Å²) in [7, 11) is 0. The third-order valence-electron chi connectivity index (χ3n) is 2.70. The molecule has 0 saturated heterocycles.